The molecule has 0 aromatic heterocycles. The molecule has 0 saturated carbocycles. The molecule has 1 unspecified atom stereocenters. The normalized spacial score (nSPS) is 20.3. The number of hydrogen-bond donors (Lipinski definition) is 0. The molecule has 1 heterocycles. The van der Waals surface area contributed by atoms with Gasteiger partial charge in [-0.25, -0.2) is 0 Å². The molecule has 1 saturated heterocycles. The van der Waals surface area contributed by atoms with Crippen LogP contribution in [-0.4, -0.2) is 29.6 Å². The molecule has 1 aromatic rings. The molecule has 0 bridgehead atoms. The van der Waals surface area contributed by atoms with E-state index in [1.165, 1.54) is 10.5 Å². The van der Waals surface area contributed by atoms with Crippen molar-refractivity contribution in [3.8, 4) is 0 Å². The van der Waals surface area contributed by atoms with Gasteiger partial charge in [-0.3, -0.25) is 4.79 Å². The zero-order valence-corrected chi connectivity index (χ0v) is 14.1. The van der Waals surface area contributed by atoms with Crippen molar-refractivity contribution >= 4 is 17.7 Å². The van der Waals surface area contributed by atoms with E-state index >= 15 is 0 Å². The molecule has 1 fully saturated rings. The molecule has 1 aromatic carbocycles. The molecule has 0 radical (unpaired) electrons. The molecule has 1 aliphatic carbocycles. The molecule has 1 aliphatic heterocycles. The summed E-state index contributed by atoms with van der Waals surface area (Å²) >= 11 is 1.69. The average molecular weight is 313 g/mol. The van der Waals surface area contributed by atoms with Crippen LogP contribution in [0.5, 0.6) is 0 Å². The summed E-state index contributed by atoms with van der Waals surface area (Å²) in [5, 5.41) is 0.123. The third-order valence-electron chi connectivity index (χ3n) is 3.55. The Morgan fingerprint density at radius 3 is 2.55 bits per heavy atom. The van der Waals surface area contributed by atoms with E-state index in [1.54, 1.807) is 11.8 Å². The molecule has 1 atom stereocenters. The van der Waals surface area contributed by atoms with E-state index in [0.29, 0.717) is 0 Å². The average Bonchev–Trinajstić information content (AvgIpc) is 2.74. The Morgan fingerprint density at radius 2 is 1.95 bits per heavy atom. The molecule has 0 spiro atoms. The smallest absolute Gasteiger partial charge is 0.235 e. The fraction of sp³-hybridized carbons (Fsp3) is 0.316. The standard InChI is InChI=1S/C12H15NOS.C7H8/c1-13-9-8-11(12(13)14)15-10-6-4-2-3-5-7-10;1-7-5-3-2-4-6-7/h2,4-7,11H,3,8-9H2,1H3;2-6H,1H3. The minimum absolute atomic E-state index is 0.123. The molecular formula is C19H23NOS. The van der Waals surface area contributed by atoms with Gasteiger partial charge in [-0.15, -0.1) is 11.8 Å². The van der Waals surface area contributed by atoms with Crippen LogP contribution in [0.15, 0.2) is 65.6 Å². The van der Waals surface area contributed by atoms with E-state index < -0.39 is 0 Å². The second kappa shape index (κ2) is 8.64. The number of likely N-dealkylation sites (tertiary alicyclic amines) is 1. The number of thioether (sulfide) groups is 1. The van der Waals surface area contributed by atoms with Crippen LogP contribution in [0, 0.1) is 6.92 Å². The Hall–Kier alpha value is -1.74. The van der Waals surface area contributed by atoms with Crippen LogP contribution in [0.1, 0.15) is 18.4 Å². The fourth-order valence-corrected chi connectivity index (χ4v) is 3.40. The van der Waals surface area contributed by atoms with Crippen molar-refractivity contribution in [2.75, 3.05) is 13.6 Å². The molecule has 3 heteroatoms. The fourth-order valence-electron chi connectivity index (χ4n) is 2.24. The Labute approximate surface area is 137 Å². The van der Waals surface area contributed by atoms with E-state index in [4.69, 9.17) is 0 Å². The minimum Gasteiger partial charge on any atom is -0.345 e. The zero-order valence-electron chi connectivity index (χ0n) is 13.2. The maximum absolute atomic E-state index is 11.7. The first-order chi connectivity index (χ1) is 10.7. The monoisotopic (exact) mass is 313 g/mol. The van der Waals surface area contributed by atoms with Crippen molar-refractivity contribution in [1.82, 2.24) is 4.90 Å². The highest BCUT2D eigenvalue weighted by Gasteiger charge is 2.29. The Kier molecular flexibility index (Phi) is 6.53. The highest BCUT2D eigenvalue weighted by atomic mass is 32.2. The quantitative estimate of drug-likeness (QED) is 0.809. The SMILES string of the molecule is CN1CCC(SC2=CC=CCC=C2)C1=O.Cc1ccccc1. The molecule has 2 aliphatic rings. The van der Waals surface area contributed by atoms with Gasteiger partial charge in [-0.1, -0.05) is 60.2 Å². The number of carbonyl (C=O) groups excluding carboxylic acids is 1. The first kappa shape index (κ1) is 16.6. The first-order valence-electron chi connectivity index (χ1n) is 7.63. The first-order valence-corrected chi connectivity index (χ1v) is 8.51. The molecule has 0 N–H and O–H groups in total. The summed E-state index contributed by atoms with van der Waals surface area (Å²) in [7, 11) is 1.88. The van der Waals surface area contributed by atoms with Gasteiger partial charge >= 0.3 is 0 Å². The summed E-state index contributed by atoms with van der Waals surface area (Å²) in [6, 6.07) is 10.3. The Bertz CT molecular complexity index is 574. The molecular weight excluding hydrogens is 290 g/mol. The van der Waals surface area contributed by atoms with Crippen LogP contribution in [0.3, 0.4) is 0 Å². The van der Waals surface area contributed by atoms with Crippen LogP contribution in [0.2, 0.25) is 0 Å². The second-order valence-electron chi connectivity index (χ2n) is 5.44. The third-order valence-corrected chi connectivity index (χ3v) is 4.81. The van der Waals surface area contributed by atoms with Crippen LogP contribution < -0.4 is 0 Å². The van der Waals surface area contributed by atoms with Crippen LogP contribution in [-0.2, 0) is 4.79 Å². The summed E-state index contributed by atoms with van der Waals surface area (Å²) in [6.45, 7) is 2.98. The van der Waals surface area contributed by atoms with Gasteiger partial charge in [0.15, 0.2) is 0 Å². The lowest BCUT2D eigenvalue weighted by atomic mass is 10.2. The maximum Gasteiger partial charge on any atom is 0.235 e. The molecule has 22 heavy (non-hydrogen) atoms. The number of amides is 1. The Balaban J connectivity index is 0.000000211. The number of benzene rings is 1. The summed E-state index contributed by atoms with van der Waals surface area (Å²) in [5.74, 6) is 0.266. The van der Waals surface area contributed by atoms with Gasteiger partial charge in [-0.2, -0.15) is 0 Å². The summed E-state index contributed by atoms with van der Waals surface area (Å²) < 4.78 is 0. The van der Waals surface area contributed by atoms with E-state index in [1.807, 2.05) is 30.1 Å². The van der Waals surface area contributed by atoms with Crippen molar-refractivity contribution in [2.24, 2.45) is 0 Å². The van der Waals surface area contributed by atoms with E-state index in [-0.39, 0.29) is 11.2 Å². The van der Waals surface area contributed by atoms with Crippen LogP contribution in [0.4, 0.5) is 0 Å². The lowest BCUT2D eigenvalue weighted by Crippen LogP contribution is -2.23. The highest BCUT2D eigenvalue weighted by Crippen LogP contribution is 2.30. The maximum atomic E-state index is 11.7. The summed E-state index contributed by atoms with van der Waals surface area (Å²) in [4.78, 5) is 14.7. The van der Waals surface area contributed by atoms with Crippen LogP contribution >= 0.6 is 11.8 Å². The predicted octanol–water partition coefficient (Wildman–Crippen LogP) is 4.35. The van der Waals surface area contributed by atoms with Gasteiger partial charge in [0.05, 0.1) is 5.25 Å². The predicted molar refractivity (Wildman–Crippen MR) is 95.8 cm³/mol. The molecule has 116 valence electrons. The molecule has 3 rings (SSSR count). The second-order valence-corrected chi connectivity index (χ2v) is 6.72. The number of allylic oxidation sites excluding steroid dienone is 5. The molecule has 2 nitrogen and oxygen atoms in total. The van der Waals surface area contributed by atoms with Crippen molar-refractivity contribution < 1.29 is 4.79 Å². The van der Waals surface area contributed by atoms with E-state index in [9.17, 15) is 4.79 Å². The van der Waals surface area contributed by atoms with Gasteiger partial charge in [0.2, 0.25) is 5.91 Å². The number of aryl methyl sites for hydroxylation is 1. The Morgan fingerprint density at radius 1 is 1.18 bits per heavy atom. The topological polar surface area (TPSA) is 20.3 Å². The van der Waals surface area contributed by atoms with E-state index in [0.717, 1.165) is 19.4 Å². The summed E-state index contributed by atoms with van der Waals surface area (Å²) in [5.41, 5.74) is 1.32. The lowest BCUT2D eigenvalue weighted by Gasteiger charge is -2.09. The third kappa shape index (κ3) is 5.23. The van der Waals surface area contributed by atoms with Gasteiger partial charge < -0.3 is 4.90 Å². The largest absolute Gasteiger partial charge is 0.345 e. The number of carbonyl (C=O) groups is 1. The van der Waals surface area contributed by atoms with Crippen molar-refractivity contribution in [3.63, 3.8) is 0 Å². The number of hydrogen-bond acceptors (Lipinski definition) is 2. The summed E-state index contributed by atoms with van der Waals surface area (Å²) in [6.07, 6.45) is 12.5. The van der Waals surface area contributed by atoms with Gasteiger partial charge in [-0.05, 0) is 25.8 Å². The van der Waals surface area contributed by atoms with Crippen molar-refractivity contribution in [3.05, 3.63) is 71.2 Å². The van der Waals surface area contributed by atoms with Crippen molar-refractivity contribution in [2.45, 2.75) is 25.0 Å². The van der Waals surface area contributed by atoms with Crippen LogP contribution in [0.25, 0.3) is 0 Å². The number of rotatable bonds is 2. The lowest BCUT2D eigenvalue weighted by molar-refractivity contribution is -0.126. The van der Waals surface area contributed by atoms with Gasteiger partial charge in [0, 0.05) is 18.5 Å². The minimum atomic E-state index is 0.123. The van der Waals surface area contributed by atoms with Crippen molar-refractivity contribution in [1.29, 1.82) is 0 Å². The highest BCUT2D eigenvalue weighted by molar-refractivity contribution is 8.04. The molecule has 1 amide bonds. The van der Waals surface area contributed by atoms with Gasteiger partial charge in [0.25, 0.3) is 0 Å². The van der Waals surface area contributed by atoms with E-state index in [2.05, 4.69) is 49.4 Å². The number of nitrogens with zero attached hydrogens (tertiary/aromatic N) is 1. The van der Waals surface area contributed by atoms with Gasteiger partial charge in [0.1, 0.15) is 0 Å². The zero-order chi connectivity index (χ0) is 15.8.